The lowest BCUT2D eigenvalue weighted by molar-refractivity contribution is -0.143. The van der Waals surface area contributed by atoms with Crippen LogP contribution in [0.2, 0.25) is 0 Å². The Labute approximate surface area is 106 Å². The van der Waals surface area contributed by atoms with Crippen LogP contribution in [0.15, 0.2) is 15.9 Å². The number of hydrogen-bond acceptors (Lipinski definition) is 3. The average Bonchev–Trinajstić information content (AvgIpc) is 2.59. The van der Waals surface area contributed by atoms with E-state index in [9.17, 15) is 9.59 Å². The predicted molar refractivity (Wildman–Crippen MR) is 65.6 cm³/mol. The maximum Gasteiger partial charge on any atom is 0.323 e. The van der Waals surface area contributed by atoms with Crippen LogP contribution in [0.25, 0.3) is 0 Å². The molecule has 1 N–H and O–H groups in total. The van der Waals surface area contributed by atoms with Crippen molar-refractivity contribution < 1.29 is 14.7 Å². The zero-order chi connectivity index (χ0) is 12.1. The third kappa shape index (κ3) is 4.32. The summed E-state index contributed by atoms with van der Waals surface area (Å²) in [6.07, 6.45) is 0.996. The van der Waals surface area contributed by atoms with Crippen molar-refractivity contribution in [1.29, 1.82) is 0 Å². The maximum absolute atomic E-state index is 11.5. The van der Waals surface area contributed by atoms with Crippen molar-refractivity contribution in [3.8, 4) is 0 Å². The molecule has 6 heteroatoms. The van der Waals surface area contributed by atoms with Crippen molar-refractivity contribution in [2.24, 2.45) is 0 Å². The van der Waals surface area contributed by atoms with Gasteiger partial charge in [-0.15, -0.1) is 11.3 Å². The molecule has 1 aromatic rings. The van der Waals surface area contributed by atoms with Gasteiger partial charge in [0.2, 0.25) is 5.91 Å². The second kappa shape index (κ2) is 6.00. The minimum absolute atomic E-state index is 0.146. The number of amides is 1. The van der Waals surface area contributed by atoms with Gasteiger partial charge >= 0.3 is 5.97 Å². The summed E-state index contributed by atoms with van der Waals surface area (Å²) in [5.74, 6) is -1.14. The molecule has 0 atom stereocenters. The molecule has 0 aliphatic carbocycles. The topological polar surface area (TPSA) is 57.6 Å². The van der Waals surface area contributed by atoms with Gasteiger partial charge in [0.1, 0.15) is 6.54 Å². The largest absolute Gasteiger partial charge is 0.480 e. The van der Waals surface area contributed by atoms with E-state index in [1.54, 1.807) is 11.3 Å². The van der Waals surface area contributed by atoms with Gasteiger partial charge < -0.3 is 10.0 Å². The number of carboxylic acids is 1. The Hall–Kier alpha value is -0.880. The first-order valence-electron chi connectivity index (χ1n) is 4.67. The Morgan fingerprint density at radius 1 is 1.56 bits per heavy atom. The Kier molecular flexibility index (Phi) is 4.95. The first kappa shape index (κ1) is 13.2. The summed E-state index contributed by atoms with van der Waals surface area (Å²) in [5.41, 5.74) is 0. The van der Waals surface area contributed by atoms with Gasteiger partial charge in [0.25, 0.3) is 0 Å². The highest BCUT2D eigenvalue weighted by Crippen LogP contribution is 2.20. The highest BCUT2D eigenvalue weighted by molar-refractivity contribution is 9.10. The van der Waals surface area contributed by atoms with Crippen LogP contribution in [0, 0.1) is 0 Å². The maximum atomic E-state index is 11.5. The summed E-state index contributed by atoms with van der Waals surface area (Å²) >= 11 is 4.92. The van der Waals surface area contributed by atoms with Gasteiger partial charge in [-0.3, -0.25) is 9.59 Å². The van der Waals surface area contributed by atoms with Crippen LogP contribution >= 0.6 is 27.3 Å². The average molecular weight is 306 g/mol. The van der Waals surface area contributed by atoms with E-state index in [2.05, 4.69) is 15.9 Å². The summed E-state index contributed by atoms with van der Waals surface area (Å²) in [6.45, 7) is -0.243. The standard InChI is InChI=1S/C10H12BrNO3S/c1-12(5-10(14)15)9(13)3-2-8-4-7(11)6-16-8/h4,6H,2-3,5H2,1H3,(H,14,15). The molecular formula is C10H12BrNO3S. The van der Waals surface area contributed by atoms with Crippen LogP contribution in [0.1, 0.15) is 11.3 Å². The van der Waals surface area contributed by atoms with E-state index in [0.717, 1.165) is 9.35 Å². The second-order valence-electron chi connectivity index (χ2n) is 3.37. The molecule has 0 fully saturated rings. The second-order valence-corrected chi connectivity index (χ2v) is 5.29. The number of aliphatic carboxylic acids is 1. The number of hydrogen-bond donors (Lipinski definition) is 1. The number of carbonyl (C=O) groups is 2. The molecule has 4 nitrogen and oxygen atoms in total. The molecule has 0 bridgehead atoms. The van der Waals surface area contributed by atoms with Gasteiger partial charge in [0, 0.05) is 28.2 Å². The predicted octanol–water partition coefficient (Wildman–Crippen LogP) is 1.99. The van der Waals surface area contributed by atoms with Crippen LogP contribution in [0.5, 0.6) is 0 Å². The first-order chi connectivity index (χ1) is 7.49. The fourth-order valence-corrected chi connectivity index (χ4v) is 2.65. The number of carboxylic acid groups (broad SMARTS) is 1. The minimum Gasteiger partial charge on any atom is -0.480 e. The molecule has 0 radical (unpaired) electrons. The van der Waals surface area contributed by atoms with Crippen LogP contribution < -0.4 is 0 Å². The molecule has 0 spiro atoms. The van der Waals surface area contributed by atoms with E-state index in [-0.39, 0.29) is 12.5 Å². The normalized spacial score (nSPS) is 10.1. The number of nitrogens with zero attached hydrogens (tertiary/aromatic N) is 1. The van der Waals surface area contributed by atoms with Gasteiger partial charge in [0.15, 0.2) is 0 Å². The number of likely N-dealkylation sites (N-methyl/N-ethyl adjacent to an activating group) is 1. The molecule has 0 saturated carbocycles. The van der Waals surface area contributed by atoms with Gasteiger partial charge in [-0.1, -0.05) is 0 Å². The minimum atomic E-state index is -0.991. The van der Waals surface area contributed by atoms with Gasteiger partial charge in [0.05, 0.1) is 0 Å². The third-order valence-electron chi connectivity index (χ3n) is 2.01. The third-order valence-corrected chi connectivity index (χ3v) is 3.76. The Bertz CT molecular complexity index is 391. The number of halogens is 1. The lowest BCUT2D eigenvalue weighted by Gasteiger charge is -2.13. The number of thiophene rings is 1. The zero-order valence-electron chi connectivity index (χ0n) is 8.77. The van der Waals surface area contributed by atoms with Crippen LogP contribution in [0.3, 0.4) is 0 Å². The summed E-state index contributed by atoms with van der Waals surface area (Å²) < 4.78 is 1.01. The zero-order valence-corrected chi connectivity index (χ0v) is 11.2. The molecular weight excluding hydrogens is 294 g/mol. The van der Waals surface area contributed by atoms with E-state index in [1.165, 1.54) is 11.9 Å². The molecule has 88 valence electrons. The Balaban J connectivity index is 2.37. The van der Waals surface area contributed by atoms with E-state index >= 15 is 0 Å². The van der Waals surface area contributed by atoms with Gasteiger partial charge in [-0.25, -0.2) is 0 Å². The molecule has 0 unspecified atom stereocenters. The van der Waals surface area contributed by atoms with Crippen molar-refractivity contribution in [2.45, 2.75) is 12.8 Å². The van der Waals surface area contributed by atoms with Crippen molar-refractivity contribution in [3.05, 3.63) is 20.8 Å². The monoisotopic (exact) mass is 305 g/mol. The molecule has 1 amide bonds. The lowest BCUT2D eigenvalue weighted by atomic mass is 10.2. The molecule has 0 saturated heterocycles. The van der Waals surface area contributed by atoms with Crippen LogP contribution in [-0.2, 0) is 16.0 Å². The quantitative estimate of drug-likeness (QED) is 0.905. The number of aryl methyl sites for hydroxylation is 1. The Morgan fingerprint density at radius 2 is 2.25 bits per heavy atom. The van der Waals surface area contributed by atoms with Crippen molar-refractivity contribution in [3.63, 3.8) is 0 Å². The summed E-state index contributed by atoms with van der Waals surface area (Å²) in [4.78, 5) is 24.2. The fourth-order valence-electron chi connectivity index (χ4n) is 1.20. The van der Waals surface area contributed by atoms with Gasteiger partial charge in [-0.05, 0) is 28.4 Å². The Morgan fingerprint density at radius 3 is 2.75 bits per heavy atom. The van der Waals surface area contributed by atoms with Crippen LogP contribution in [-0.4, -0.2) is 35.5 Å². The summed E-state index contributed by atoms with van der Waals surface area (Å²) in [6, 6.07) is 1.97. The highest BCUT2D eigenvalue weighted by atomic mass is 79.9. The van der Waals surface area contributed by atoms with Crippen LogP contribution in [0.4, 0.5) is 0 Å². The summed E-state index contributed by atoms with van der Waals surface area (Å²) in [5, 5.41) is 10.5. The van der Waals surface area contributed by atoms with Crippen molar-refractivity contribution >= 4 is 39.1 Å². The SMILES string of the molecule is CN(CC(=O)O)C(=O)CCc1cc(Br)cs1. The molecule has 0 aliphatic heterocycles. The van der Waals surface area contributed by atoms with E-state index < -0.39 is 5.97 Å². The molecule has 1 aromatic heterocycles. The van der Waals surface area contributed by atoms with E-state index in [0.29, 0.717) is 12.8 Å². The highest BCUT2D eigenvalue weighted by Gasteiger charge is 2.12. The molecule has 16 heavy (non-hydrogen) atoms. The van der Waals surface area contributed by atoms with Crippen molar-refractivity contribution in [1.82, 2.24) is 4.90 Å². The smallest absolute Gasteiger partial charge is 0.323 e. The number of rotatable bonds is 5. The van der Waals surface area contributed by atoms with E-state index in [4.69, 9.17) is 5.11 Å². The molecule has 0 aliphatic rings. The van der Waals surface area contributed by atoms with Crippen molar-refractivity contribution in [2.75, 3.05) is 13.6 Å². The molecule has 1 rings (SSSR count). The van der Waals surface area contributed by atoms with Gasteiger partial charge in [-0.2, -0.15) is 0 Å². The summed E-state index contributed by atoms with van der Waals surface area (Å²) in [7, 11) is 1.50. The molecule has 1 heterocycles. The molecule has 0 aromatic carbocycles. The number of carbonyl (C=O) groups excluding carboxylic acids is 1. The lowest BCUT2D eigenvalue weighted by Crippen LogP contribution is -2.31. The first-order valence-corrected chi connectivity index (χ1v) is 6.35. The van der Waals surface area contributed by atoms with E-state index in [1.807, 2.05) is 11.4 Å². The fraction of sp³-hybridized carbons (Fsp3) is 0.400.